The van der Waals surface area contributed by atoms with Crippen LogP contribution in [-0.2, 0) is 20.9 Å². The normalized spacial score (nSPS) is 31.2. The maximum Gasteiger partial charge on any atom is 0.251 e. The molecule has 0 N–H and O–H groups in total. The van der Waals surface area contributed by atoms with E-state index in [0.717, 1.165) is 50.4 Å². The van der Waals surface area contributed by atoms with Gasteiger partial charge in [-0.1, -0.05) is 0 Å². The fourth-order valence-corrected chi connectivity index (χ4v) is 4.14. The van der Waals surface area contributed by atoms with Gasteiger partial charge >= 0.3 is 0 Å². The van der Waals surface area contributed by atoms with Gasteiger partial charge in [0, 0.05) is 13.1 Å². The largest absolute Gasteiger partial charge is 0.465 e. The van der Waals surface area contributed by atoms with Crippen LogP contribution in [0.5, 0.6) is 0 Å². The average molecular weight is 334 g/mol. The lowest BCUT2D eigenvalue weighted by Crippen LogP contribution is -2.50. The Labute approximate surface area is 142 Å². The van der Waals surface area contributed by atoms with Gasteiger partial charge in [-0.05, 0) is 44.2 Å². The second kappa shape index (κ2) is 6.86. The van der Waals surface area contributed by atoms with Gasteiger partial charge in [0.05, 0.1) is 38.3 Å². The number of aryl methyl sites for hydroxylation is 1. The minimum absolute atomic E-state index is 0.0600. The molecule has 3 aliphatic rings. The van der Waals surface area contributed by atoms with Crippen molar-refractivity contribution in [2.75, 3.05) is 32.8 Å². The number of carbonyl (C=O) groups is 1. The van der Waals surface area contributed by atoms with E-state index in [0.29, 0.717) is 31.8 Å². The van der Waals surface area contributed by atoms with Crippen molar-refractivity contribution in [3.8, 4) is 0 Å². The summed E-state index contributed by atoms with van der Waals surface area (Å²) in [5, 5.41) is 1.54. The number of ether oxygens (including phenoxy) is 1. The molecule has 3 atom stereocenters. The Kier molecular flexibility index (Phi) is 4.61. The van der Waals surface area contributed by atoms with Crippen LogP contribution >= 0.6 is 0 Å². The van der Waals surface area contributed by atoms with Crippen LogP contribution in [0.4, 0.5) is 0 Å². The molecule has 4 rings (SSSR count). The second-order valence-electron chi connectivity index (χ2n) is 7.23. The smallest absolute Gasteiger partial charge is 0.251 e. The maximum absolute atomic E-state index is 12.5. The van der Waals surface area contributed by atoms with Gasteiger partial charge < -0.3 is 9.15 Å². The highest BCUT2D eigenvalue weighted by atomic mass is 16.7. The van der Waals surface area contributed by atoms with Crippen LogP contribution in [0.2, 0.25) is 0 Å². The number of fused-ring (bicyclic) bond motifs is 1. The molecule has 0 aliphatic carbocycles. The number of piperidine rings is 1. The summed E-state index contributed by atoms with van der Waals surface area (Å²) in [6.07, 6.45) is 3.16. The number of furan rings is 1. The molecule has 132 valence electrons. The number of hydrogen-bond donors (Lipinski definition) is 0. The van der Waals surface area contributed by atoms with Gasteiger partial charge in [-0.3, -0.25) is 14.5 Å². The van der Waals surface area contributed by atoms with E-state index in [1.54, 1.807) is 5.06 Å². The molecule has 3 fully saturated rings. The van der Waals surface area contributed by atoms with Gasteiger partial charge in [-0.2, -0.15) is 0 Å². The Morgan fingerprint density at radius 2 is 2.25 bits per heavy atom. The van der Waals surface area contributed by atoms with E-state index in [1.807, 2.05) is 13.0 Å². The molecule has 6 nitrogen and oxygen atoms in total. The van der Waals surface area contributed by atoms with Crippen molar-refractivity contribution < 1.29 is 18.8 Å². The predicted octanol–water partition coefficient (Wildman–Crippen LogP) is 1.98. The number of rotatable bonds is 3. The van der Waals surface area contributed by atoms with E-state index in [4.69, 9.17) is 14.0 Å². The third kappa shape index (κ3) is 3.36. The van der Waals surface area contributed by atoms with E-state index in [1.165, 1.54) is 0 Å². The quantitative estimate of drug-likeness (QED) is 0.846. The molecule has 4 heterocycles. The van der Waals surface area contributed by atoms with Gasteiger partial charge in [-0.15, -0.1) is 0 Å². The number of amides is 1. The molecule has 1 aromatic rings. The molecule has 1 amide bonds. The Balaban J connectivity index is 1.35. The van der Waals surface area contributed by atoms with Crippen molar-refractivity contribution in [3.05, 3.63) is 23.7 Å². The first-order valence-corrected chi connectivity index (χ1v) is 9.02. The molecule has 24 heavy (non-hydrogen) atoms. The lowest BCUT2D eigenvalue weighted by Gasteiger charge is -2.43. The highest BCUT2D eigenvalue weighted by Crippen LogP contribution is 2.33. The molecular formula is C18H26N2O4. The van der Waals surface area contributed by atoms with Crippen molar-refractivity contribution in [3.63, 3.8) is 0 Å². The molecule has 0 bridgehead atoms. The molecule has 0 radical (unpaired) electrons. The summed E-state index contributed by atoms with van der Waals surface area (Å²) in [5.41, 5.74) is 0. The van der Waals surface area contributed by atoms with Gasteiger partial charge in [0.15, 0.2) is 0 Å². The van der Waals surface area contributed by atoms with Crippen molar-refractivity contribution in [1.82, 2.24) is 9.96 Å². The zero-order chi connectivity index (χ0) is 16.5. The Morgan fingerprint density at radius 3 is 3.00 bits per heavy atom. The van der Waals surface area contributed by atoms with Crippen molar-refractivity contribution in [2.45, 2.75) is 38.8 Å². The van der Waals surface area contributed by atoms with Gasteiger partial charge in [-0.25, -0.2) is 5.06 Å². The Hall–Kier alpha value is -1.37. The maximum atomic E-state index is 12.5. The van der Waals surface area contributed by atoms with Crippen molar-refractivity contribution >= 4 is 5.91 Å². The zero-order valence-electron chi connectivity index (χ0n) is 14.3. The van der Waals surface area contributed by atoms with Crippen molar-refractivity contribution in [2.24, 2.45) is 11.8 Å². The van der Waals surface area contributed by atoms with E-state index in [2.05, 4.69) is 11.0 Å². The third-order valence-electron chi connectivity index (χ3n) is 5.37. The van der Waals surface area contributed by atoms with E-state index < -0.39 is 0 Å². The first-order valence-electron chi connectivity index (χ1n) is 9.02. The molecule has 3 aliphatic heterocycles. The van der Waals surface area contributed by atoms with Gasteiger partial charge in [0.2, 0.25) is 0 Å². The number of nitrogens with zero attached hydrogens (tertiary/aromatic N) is 2. The highest BCUT2D eigenvalue weighted by Gasteiger charge is 2.40. The minimum atomic E-state index is -0.0600. The van der Waals surface area contributed by atoms with Crippen LogP contribution in [0.15, 0.2) is 16.5 Å². The van der Waals surface area contributed by atoms with Crippen LogP contribution in [-0.4, -0.2) is 54.8 Å². The van der Waals surface area contributed by atoms with Crippen LogP contribution < -0.4 is 0 Å². The van der Waals surface area contributed by atoms with Crippen LogP contribution in [0.3, 0.4) is 0 Å². The van der Waals surface area contributed by atoms with E-state index >= 15 is 0 Å². The first kappa shape index (κ1) is 16.1. The summed E-state index contributed by atoms with van der Waals surface area (Å²) in [6, 6.07) is 4.06. The summed E-state index contributed by atoms with van der Waals surface area (Å²) in [7, 11) is 0. The molecule has 6 heteroatoms. The minimum Gasteiger partial charge on any atom is -0.465 e. The van der Waals surface area contributed by atoms with E-state index in [9.17, 15) is 4.79 Å². The fourth-order valence-electron chi connectivity index (χ4n) is 4.14. The fraction of sp³-hybridized carbons (Fsp3) is 0.722. The molecule has 0 aromatic carbocycles. The highest BCUT2D eigenvalue weighted by molar-refractivity contribution is 5.78. The molecule has 3 saturated heterocycles. The number of carbonyl (C=O) groups excluding carboxylic acids is 1. The van der Waals surface area contributed by atoms with E-state index in [-0.39, 0.29) is 11.8 Å². The van der Waals surface area contributed by atoms with Crippen LogP contribution in [0.1, 0.15) is 30.8 Å². The molecule has 0 saturated carbocycles. The summed E-state index contributed by atoms with van der Waals surface area (Å²) >= 11 is 0. The number of hydroxylamine groups is 2. The molecule has 1 aromatic heterocycles. The Bertz CT molecular complexity index is 581. The third-order valence-corrected chi connectivity index (χ3v) is 5.37. The summed E-state index contributed by atoms with van der Waals surface area (Å²) in [5.74, 6) is 2.43. The summed E-state index contributed by atoms with van der Waals surface area (Å²) in [6.45, 7) is 6.71. The summed E-state index contributed by atoms with van der Waals surface area (Å²) < 4.78 is 11.7. The molecule has 0 spiro atoms. The monoisotopic (exact) mass is 334 g/mol. The lowest BCUT2D eigenvalue weighted by molar-refractivity contribution is -0.183. The zero-order valence-corrected chi connectivity index (χ0v) is 14.3. The topological polar surface area (TPSA) is 55.2 Å². The molecular weight excluding hydrogens is 308 g/mol. The first-order chi connectivity index (χ1) is 11.7. The summed E-state index contributed by atoms with van der Waals surface area (Å²) in [4.78, 5) is 20.4. The number of likely N-dealkylation sites (tertiary alicyclic amines) is 1. The van der Waals surface area contributed by atoms with Crippen LogP contribution in [0, 0.1) is 18.8 Å². The SMILES string of the molecule is Cc1ccc(CN2CC[C@@H]3OC[C@H](C(=O)N4CCCO4)C[C@H]3C2)o1. The van der Waals surface area contributed by atoms with Gasteiger partial charge in [0.1, 0.15) is 11.5 Å². The number of hydrogen-bond acceptors (Lipinski definition) is 5. The standard InChI is InChI=1S/C18H26N2O4/c1-13-3-4-16(24-13)11-19-7-5-17-14(10-19)9-15(12-22-17)18(21)20-6-2-8-23-20/h3-4,14-15,17H,2,5-12H2,1H3/t14-,15+,17-/m0/s1. The van der Waals surface area contributed by atoms with Gasteiger partial charge in [0.25, 0.3) is 5.91 Å². The average Bonchev–Trinajstić information content (AvgIpc) is 3.25. The second-order valence-corrected chi connectivity index (χ2v) is 7.23. The predicted molar refractivity (Wildman–Crippen MR) is 87.0 cm³/mol. The Morgan fingerprint density at radius 1 is 1.33 bits per heavy atom. The molecule has 0 unspecified atom stereocenters. The van der Waals surface area contributed by atoms with Crippen molar-refractivity contribution in [1.29, 1.82) is 0 Å². The van der Waals surface area contributed by atoms with Crippen LogP contribution in [0.25, 0.3) is 0 Å². The lowest BCUT2D eigenvalue weighted by atomic mass is 9.83.